The summed E-state index contributed by atoms with van der Waals surface area (Å²) in [5, 5.41) is 3.46. The lowest BCUT2D eigenvalue weighted by Crippen LogP contribution is -2.40. The molecule has 1 aliphatic rings. The van der Waals surface area contributed by atoms with E-state index in [4.69, 9.17) is 14.2 Å². The van der Waals surface area contributed by atoms with E-state index in [0.717, 1.165) is 56.0 Å². The lowest BCUT2D eigenvalue weighted by atomic mass is 10.2. The monoisotopic (exact) mass is 452 g/mol. The minimum Gasteiger partial charge on any atom is -0.493 e. The summed E-state index contributed by atoms with van der Waals surface area (Å²) in [6.45, 7) is 6.41. The van der Waals surface area contributed by atoms with E-state index in [1.165, 1.54) is 6.07 Å². The second kappa shape index (κ2) is 10.8. The van der Waals surface area contributed by atoms with Gasteiger partial charge in [0.2, 0.25) is 0 Å². The fourth-order valence-corrected chi connectivity index (χ4v) is 3.68. The van der Waals surface area contributed by atoms with Gasteiger partial charge in [-0.25, -0.2) is 4.39 Å². The summed E-state index contributed by atoms with van der Waals surface area (Å²) in [6.07, 6.45) is 0. The molecule has 0 aliphatic carbocycles. The Morgan fingerprint density at radius 2 is 2.00 bits per heavy atom. The van der Waals surface area contributed by atoms with Crippen molar-refractivity contribution in [1.29, 1.82) is 0 Å². The van der Waals surface area contributed by atoms with E-state index in [1.54, 1.807) is 25.3 Å². The first-order valence-electron chi connectivity index (χ1n) is 9.41. The molecule has 2 aromatic carbocycles. The summed E-state index contributed by atoms with van der Waals surface area (Å²) in [5.41, 5.74) is 1.59. The van der Waals surface area contributed by atoms with Crippen LogP contribution in [-0.2, 0) is 17.9 Å². The first kappa shape index (κ1) is 21.0. The molecule has 152 valence electrons. The highest BCUT2D eigenvalue weighted by molar-refractivity contribution is 9.10. The Morgan fingerprint density at radius 1 is 1.21 bits per heavy atom. The van der Waals surface area contributed by atoms with E-state index < -0.39 is 0 Å². The lowest BCUT2D eigenvalue weighted by molar-refractivity contribution is 0.0384. The van der Waals surface area contributed by atoms with Gasteiger partial charge in [0.05, 0.1) is 24.8 Å². The van der Waals surface area contributed by atoms with E-state index in [1.807, 2.05) is 12.1 Å². The summed E-state index contributed by atoms with van der Waals surface area (Å²) in [5.74, 6) is 0.914. The number of ether oxygens (including phenoxy) is 3. The Bertz CT molecular complexity index is 769. The van der Waals surface area contributed by atoms with Gasteiger partial charge in [-0.15, -0.1) is 0 Å². The highest BCUT2D eigenvalue weighted by Crippen LogP contribution is 2.37. The summed E-state index contributed by atoms with van der Waals surface area (Å²) in [7, 11) is 1.60. The first-order chi connectivity index (χ1) is 13.7. The van der Waals surface area contributed by atoms with Gasteiger partial charge in [0.1, 0.15) is 12.4 Å². The van der Waals surface area contributed by atoms with Crippen LogP contribution in [0, 0.1) is 5.82 Å². The van der Waals surface area contributed by atoms with Crippen LogP contribution in [0.15, 0.2) is 40.9 Å². The van der Waals surface area contributed by atoms with Gasteiger partial charge in [-0.05, 0) is 39.7 Å². The number of nitrogens with zero attached hydrogens (tertiary/aromatic N) is 1. The molecule has 0 atom stereocenters. The lowest BCUT2D eigenvalue weighted by Gasteiger charge is -2.26. The van der Waals surface area contributed by atoms with Crippen molar-refractivity contribution < 1.29 is 18.6 Å². The van der Waals surface area contributed by atoms with Crippen LogP contribution in [0.2, 0.25) is 0 Å². The van der Waals surface area contributed by atoms with Gasteiger partial charge in [0, 0.05) is 38.3 Å². The number of hydrogen-bond donors (Lipinski definition) is 1. The van der Waals surface area contributed by atoms with Crippen LogP contribution < -0.4 is 14.8 Å². The maximum Gasteiger partial charge on any atom is 0.175 e. The van der Waals surface area contributed by atoms with E-state index in [0.29, 0.717) is 17.1 Å². The Hall–Kier alpha value is -1.67. The molecule has 0 unspecified atom stereocenters. The van der Waals surface area contributed by atoms with Crippen LogP contribution in [0.3, 0.4) is 0 Å². The highest BCUT2D eigenvalue weighted by Gasteiger charge is 2.13. The molecule has 1 N–H and O–H groups in total. The van der Waals surface area contributed by atoms with Crippen LogP contribution in [0.1, 0.15) is 11.1 Å². The molecule has 1 heterocycles. The van der Waals surface area contributed by atoms with Gasteiger partial charge in [-0.3, -0.25) is 4.90 Å². The van der Waals surface area contributed by atoms with Crippen molar-refractivity contribution in [1.82, 2.24) is 10.2 Å². The van der Waals surface area contributed by atoms with Gasteiger partial charge in [-0.2, -0.15) is 0 Å². The molecule has 0 bridgehead atoms. The minimum atomic E-state index is -0.279. The molecule has 3 rings (SSSR count). The maximum absolute atomic E-state index is 13.8. The predicted octanol–water partition coefficient (Wildman–Crippen LogP) is 3.60. The Balaban J connectivity index is 1.55. The Kier molecular flexibility index (Phi) is 8.09. The van der Waals surface area contributed by atoms with E-state index in [2.05, 4.69) is 26.1 Å². The van der Waals surface area contributed by atoms with Gasteiger partial charge >= 0.3 is 0 Å². The van der Waals surface area contributed by atoms with Crippen LogP contribution in [0.25, 0.3) is 0 Å². The van der Waals surface area contributed by atoms with Crippen molar-refractivity contribution in [2.45, 2.75) is 13.2 Å². The number of halogens is 2. The average molecular weight is 453 g/mol. The van der Waals surface area contributed by atoms with Crippen LogP contribution in [-0.4, -0.2) is 51.4 Å². The van der Waals surface area contributed by atoms with Crippen molar-refractivity contribution in [2.75, 3.05) is 46.5 Å². The van der Waals surface area contributed by atoms with Crippen molar-refractivity contribution in [2.24, 2.45) is 0 Å². The second-order valence-corrected chi connectivity index (χ2v) is 7.47. The summed E-state index contributed by atoms with van der Waals surface area (Å²) < 4.78 is 31.3. The number of rotatable bonds is 9. The summed E-state index contributed by atoms with van der Waals surface area (Å²) in [6, 6.07) is 10.5. The normalized spacial score (nSPS) is 14.8. The number of morpholine rings is 1. The average Bonchev–Trinajstić information content (AvgIpc) is 2.72. The second-order valence-electron chi connectivity index (χ2n) is 6.62. The number of hydrogen-bond acceptors (Lipinski definition) is 5. The van der Waals surface area contributed by atoms with Crippen molar-refractivity contribution >= 4 is 15.9 Å². The molecule has 1 fully saturated rings. The van der Waals surface area contributed by atoms with Gasteiger partial charge in [0.15, 0.2) is 11.5 Å². The third-order valence-corrected chi connectivity index (χ3v) is 5.25. The number of nitrogens with one attached hydrogen (secondary N) is 1. The topological polar surface area (TPSA) is 43.0 Å². The van der Waals surface area contributed by atoms with Gasteiger partial charge < -0.3 is 19.5 Å². The SMILES string of the molecule is COc1cc(CNCCN2CCOCC2)cc(Br)c1OCc1ccccc1F. The zero-order valence-electron chi connectivity index (χ0n) is 16.0. The zero-order chi connectivity index (χ0) is 19.8. The van der Waals surface area contributed by atoms with Crippen molar-refractivity contribution in [3.63, 3.8) is 0 Å². The maximum atomic E-state index is 13.8. The van der Waals surface area contributed by atoms with Crippen LogP contribution in [0.4, 0.5) is 4.39 Å². The zero-order valence-corrected chi connectivity index (χ0v) is 17.6. The Labute approximate surface area is 173 Å². The van der Waals surface area contributed by atoms with Crippen LogP contribution >= 0.6 is 15.9 Å². The van der Waals surface area contributed by atoms with Crippen molar-refractivity contribution in [3.8, 4) is 11.5 Å². The fourth-order valence-electron chi connectivity index (χ4n) is 3.08. The standard InChI is InChI=1S/C21H26BrFN2O3/c1-26-20-13-16(14-24-6-7-25-8-10-27-11-9-25)12-18(22)21(20)28-15-17-4-2-3-5-19(17)23/h2-5,12-13,24H,6-11,14-15H2,1H3. The smallest absolute Gasteiger partial charge is 0.175 e. The summed E-state index contributed by atoms with van der Waals surface area (Å²) in [4.78, 5) is 2.40. The molecule has 2 aromatic rings. The van der Waals surface area contributed by atoms with E-state index >= 15 is 0 Å². The highest BCUT2D eigenvalue weighted by atomic mass is 79.9. The molecule has 1 saturated heterocycles. The third kappa shape index (κ3) is 5.91. The fraction of sp³-hybridized carbons (Fsp3) is 0.429. The van der Waals surface area contributed by atoms with E-state index in [9.17, 15) is 4.39 Å². The predicted molar refractivity (Wildman–Crippen MR) is 110 cm³/mol. The number of methoxy groups -OCH3 is 1. The molecule has 1 aliphatic heterocycles. The molecule has 0 saturated carbocycles. The molecular weight excluding hydrogens is 427 g/mol. The molecule has 7 heteroatoms. The largest absolute Gasteiger partial charge is 0.493 e. The first-order valence-corrected chi connectivity index (χ1v) is 10.2. The molecular formula is C21H26BrFN2O3. The molecule has 0 amide bonds. The number of benzene rings is 2. The molecule has 5 nitrogen and oxygen atoms in total. The van der Waals surface area contributed by atoms with Crippen molar-refractivity contribution in [3.05, 3.63) is 57.8 Å². The van der Waals surface area contributed by atoms with Crippen LogP contribution in [0.5, 0.6) is 11.5 Å². The molecule has 0 aromatic heterocycles. The molecule has 0 spiro atoms. The summed E-state index contributed by atoms with van der Waals surface area (Å²) >= 11 is 3.55. The minimum absolute atomic E-state index is 0.138. The molecule has 0 radical (unpaired) electrons. The van der Waals surface area contributed by atoms with Gasteiger partial charge in [-0.1, -0.05) is 18.2 Å². The Morgan fingerprint density at radius 3 is 2.75 bits per heavy atom. The van der Waals surface area contributed by atoms with E-state index in [-0.39, 0.29) is 12.4 Å². The van der Waals surface area contributed by atoms with Gasteiger partial charge in [0.25, 0.3) is 0 Å². The molecule has 28 heavy (non-hydrogen) atoms. The third-order valence-electron chi connectivity index (χ3n) is 4.66. The quantitative estimate of drug-likeness (QED) is 0.588.